The number of rotatable bonds is 7. The van der Waals surface area contributed by atoms with E-state index in [1.54, 1.807) is 13.0 Å². The minimum Gasteiger partial charge on any atom is -0.493 e. The third-order valence-electron chi connectivity index (χ3n) is 3.21. The molecule has 0 saturated carbocycles. The van der Waals surface area contributed by atoms with E-state index in [1.165, 1.54) is 6.07 Å². The first kappa shape index (κ1) is 17.0. The average Bonchev–Trinajstić information content (AvgIpc) is 2.32. The van der Waals surface area contributed by atoms with Crippen LogP contribution in [0.25, 0.3) is 0 Å². The Bertz CT molecular complexity index is 547. The molecule has 0 atom stereocenters. The molecule has 0 amide bonds. The van der Waals surface area contributed by atoms with Crippen molar-refractivity contribution in [3.8, 4) is 5.75 Å². The van der Waals surface area contributed by atoms with E-state index in [-0.39, 0.29) is 10.8 Å². The lowest BCUT2D eigenvalue weighted by Crippen LogP contribution is -2.06. The zero-order chi connectivity index (χ0) is 15.3. The lowest BCUT2D eigenvalue weighted by Gasteiger charge is -2.16. The maximum atomic E-state index is 11.4. The summed E-state index contributed by atoms with van der Waals surface area (Å²) >= 11 is 0. The Morgan fingerprint density at radius 1 is 1.25 bits per heavy atom. The molecule has 5 heteroatoms. The van der Waals surface area contributed by atoms with Crippen LogP contribution >= 0.6 is 0 Å². The summed E-state index contributed by atoms with van der Waals surface area (Å²) < 4.78 is 37.7. The van der Waals surface area contributed by atoms with Crippen LogP contribution in [0.4, 0.5) is 0 Å². The first-order chi connectivity index (χ1) is 9.27. The summed E-state index contributed by atoms with van der Waals surface area (Å²) in [6.45, 7) is 8.35. The highest BCUT2D eigenvalue weighted by Crippen LogP contribution is 2.31. The van der Waals surface area contributed by atoms with Gasteiger partial charge >= 0.3 is 0 Å². The standard InChI is InChI=1S/C15H24O4S/c1-5-6-7-8-19-14-9-12(4)15(20(16,17)18)10-13(14)11(2)3/h9-11H,5-8H2,1-4H3,(H,16,17,18). The molecule has 4 nitrogen and oxygen atoms in total. The van der Waals surface area contributed by atoms with Crippen molar-refractivity contribution in [1.29, 1.82) is 0 Å². The van der Waals surface area contributed by atoms with Crippen molar-refractivity contribution in [2.45, 2.75) is 57.8 Å². The fourth-order valence-corrected chi connectivity index (χ4v) is 2.81. The van der Waals surface area contributed by atoms with Crippen molar-refractivity contribution in [3.05, 3.63) is 23.3 Å². The zero-order valence-electron chi connectivity index (χ0n) is 12.6. The molecule has 0 aromatic heterocycles. The van der Waals surface area contributed by atoms with Gasteiger partial charge in [0.2, 0.25) is 0 Å². The van der Waals surface area contributed by atoms with Crippen molar-refractivity contribution < 1.29 is 17.7 Å². The van der Waals surface area contributed by atoms with Crippen LogP contribution in [0.5, 0.6) is 5.75 Å². The first-order valence-electron chi connectivity index (χ1n) is 7.02. The number of ether oxygens (including phenoxy) is 1. The molecule has 0 saturated heterocycles. The molecule has 0 radical (unpaired) electrons. The summed E-state index contributed by atoms with van der Waals surface area (Å²) in [5, 5.41) is 0. The SMILES string of the molecule is CCCCCOc1cc(C)c(S(=O)(=O)O)cc1C(C)C. The molecule has 0 fully saturated rings. The molecule has 1 rings (SSSR count). The van der Waals surface area contributed by atoms with Crippen molar-refractivity contribution in [3.63, 3.8) is 0 Å². The smallest absolute Gasteiger partial charge is 0.294 e. The quantitative estimate of drug-likeness (QED) is 0.612. The van der Waals surface area contributed by atoms with Gasteiger partial charge in [0.25, 0.3) is 10.1 Å². The summed E-state index contributed by atoms with van der Waals surface area (Å²) in [6.07, 6.45) is 3.22. The molecule has 1 aromatic carbocycles. The van der Waals surface area contributed by atoms with Gasteiger partial charge < -0.3 is 4.74 Å². The molecule has 20 heavy (non-hydrogen) atoms. The summed E-state index contributed by atoms with van der Waals surface area (Å²) in [5.74, 6) is 0.832. The molecule has 0 spiro atoms. The normalized spacial score (nSPS) is 11.9. The van der Waals surface area contributed by atoms with Crippen LogP contribution in [-0.4, -0.2) is 19.6 Å². The van der Waals surface area contributed by atoms with Crippen molar-refractivity contribution >= 4 is 10.1 Å². The van der Waals surface area contributed by atoms with Gasteiger partial charge in [0.15, 0.2) is 0 Å². The highest BCUT2D eigenvalue weighted by atomic mass is 32.2. The second kappa shape index (κ2) is 7.09. The molecule has 0 unspecified atom stereocenters. The van der Waals surface area contributed by atoms with Crippen LogP contribution in [-0.2, 0) is 10.1 Å². The van der Waals surface area contributed by atoms with E-state index in [0.717, 1.165) is 24.8 Å². The van der Waals surface area contributed by atoms with E-state index in [2.05, 4.69) is 6.92 Å². The maximum absolute atomic E-state index is 11.4. The van der Waals surface area contributed by atoms with E-state index in [9.17, 15) is 13.0 Å². The minimum atomic E-state index is -4.19. The predicted octanol–water partition coefficient (Wildman–Crippen LogP) is 3.93. The van der Waals surface area contributed by atoms with Crippen molar-refractivity contribution in [2.75, 3.05) is 6.61 Å². The van der Waals surface area contributed by atoms with E-state index >= 15 is 0 Å². The highest BCUT2D eigenvalue weighted by Gasteiger charge is 2.18. The molecule has 1 aromatic rings. The Hall–Kier alpha value is -1.07. The molecule has 114 valence electrons. The van der Waals surface area contributed by atoms with Crippen molar-refractivity contribution in [2.24, 2.45) is 0 Å². The molecule has 0 aliphatic carbocycles. The van der Waals surface area contributed by atoms with Gasteiger partial charge in [-0.1, -0.05) is 33.6 Å². The summed E-state index contributed by atoms with van der Waals surface area (Å²) in [4.78, 5) is -0.0397. The van der Waals surface area contributed by atoms with E-state index < -0.39 is 10.1 Å². The second-order valence-corrected chi connectivity index (χ2v) is 6.73. The largest absolute Gasteiger partial charge is 0.493 e. The molecular weight excluding hydrogens is 276 g/mol. The summed E-state index contributed by atoms with van der Waals surface area (Å²) in [6, 6.07) is 3.22. The third-order valence-corrected chi connectivity index (χ3v) is 4.21. The van der Waals surface area contributed by atoms with Crippen LogP contribution in [0.1, 0.15) is 57.1 Å². The monoisotopic (exact) mass is 300 g/mol. The third kappa shape index (κ3) is 4.49. The Kier molecular flexibility index (Phi) is 6.02. The highest BCUT2D eigenvalue weighted by molar-refractivity contribution is 7.85. The first-order valence-corrected chi connectivity index (χ1v) is 8.46. The minimum absolute atomic E-state index is 0.0397. The molecule has 0 bridgehead atoms. The van der Waals surface area contributed by atoms with Gasteiger partial charge in [-0.3, -0.25) is 4.55 Å². The van der Waals surface area contributed by atoms with Crippen LogP contribution in [0.3, 0.4) is 0 Å². The Morgan fingerprint density at radius 2 is 1.90 bits per heavy atom. The van der Waals surface area contributed by atoms with Crippen LogP contribution < -0.4 is 4.74 Å². The number of hydrogen-bond acceptors (Lipinski definition) is 3. The van der Waals surface area contributed by atoms with Crippen LogP contribution in [0.15, 0.2) is 17.0 Å². The summed E-state index contributed by atoms with van der Waals surface area (Å²) in [5.41, 5.74) is 1.31. The Labute approximate surface area is 121 Å². The van der Waals surface area contributed by atoms with E-state index in [0.29, 0.717) is 17.9 Å². The van der Waals surface area contributed by atoms with Gasteiger partial charge in [0.1, 0.15) is 5.75 Å². The van der Waals surface area contributed by atoms with Crippen molar-refractivity contribution in [1.82, 2.24) is 0 Å². The Balaban J connectivity index is 3.09. The molecule has 0 aliphatic heterocycles. The van der Waals surface area contributed by atoms with Crippen LogP contribution in [0, 0.1) is 6.92 Å². The van der Waals surface area contributed by atoms with Gasteiger partial charge in [-0.15, -0.1) is 0 Å². The van der Waals surface area contributed by atoms with Gasteiger partial charge in [-0.2, -0.15) is 8.42 Å². The second-order valence-electron chi connectivity index (χ2n) is 5.34. The van der Waals surface area contributed by atoms with Gasteiger partial charge in [-0.25, -0.2) is 0 Å². The van der Waals surface area contributed by atoms with Gasteiger partial charge in [0.05, 0.1) is 11.5 Å². The Morgan fingerprint density at radius 3 is 2.40 bits per heavy atom. The molecule has 0 aliphatic rings. The topological polar surface area (TPSA) is 63.6 Å². The molecular formula is C15H24O4S. The number of unbranched alkanes of at least 4 members (excludes halogenated alkanes) is 2. The fraction of sp³-hybridized carbons (Fsp3) is 0.600. The van der Waals surface area contributed by atoms with Crippen LogP contribution in [0.2, 0.25) is 0 Å². The van der Waals surface area contributed by atoms with Gasteiger partial charge in [-0.05, 0) is 42.5 Å². The number of benzene rings is 1. The maximum Gasteiger partial charge on any atom is 0.294 e. The average molecular weight is 300 g/mol. The summed E-state index contributed by atoms with van der Waals surface area (Å²) in [7, 11) is -4.19. The molecule has 1 N–H and O–H groups in total. The zero-order valence-corrected chi connectivity index (χ0v) is 13.5. The lowest BCUT2D eigenvalue weighted by molar-refractivity contribution is 0.301. The predicted molar refractivity (Wildman–Crippen MR) is 80.1 cm³/mol. The molecule has 0 heterocycles. The fourth-order valence-electron chi connectivity index (χ4n) is 2.07. The van der Waals surface area contributed by atoms with E-state index in [4.69, 9.17) is 4.74 Å². The van der Waals surface area contributed by atoms with Gasteiger partial charge in [0, 0.05) is 0 Å². The lowest BCUT2D eigenvalue weighted by atomic mass is 10.0. The van der Waals surface area contributed by atoms with E-state index in [1.807, 2.05) is 13.8 Å². The number of aryl methyl sites for hydroxylation is 1. The number of hydrogen-bond donors (Lipinski definition) is 1.